The monoisotopic (exact) mass is 236 g/mol. The van der Waals surface area contributed by atoms with Crippen molar-refractivity contribution < 1.29 is 53.8 Å². The summed E-state index contributed by atoms with van der Waals surface area (Å²) in [5.74, 6) is -0.548. The van der Waals surface area contributed by atoms with Gasteiger partial charge in [0.25, 0.3) is 10.1 Å². The predicted molar refractivity (Wildman–Crippen MR) is 48.9 cm³/mol. The third-order valence-electron chi connectivity index (χ3n) is 1.37. The van der Waals surface area contributed by atoms with Crippen LogP contribution in [0.2, 0.25) is 0 Å². The first kappa shape index (κ1) is 17.2. The van der Waals surface area contributed by atoms with E-state index >= 15 is 0 Å². The molecule has 1 atom stereocenters. The van der Waals surface area contributed by atoms with Crippen molar-refractivity contribution in [2.24, 2.45) is 0 Å². The average Bonchev–Trinajstić information content (AvgIpc) is 2.03. The van der Waals surface area contributed by atoms with Crippen LogP contribution in [0.5, 0.6) is 0 Å². The second-order valence-electron chi connectivity index (χ2n) is 2.74. The van der Waals surface area contributed by atoms with Crippen LogP contribution in [0, 0.1) is 0 Å². The van der Waals surface area contributed by atoms with Gasteiger partial charge in [0, 0.05) is 0 Å². The maximum Gasteiger partial charge on any atom is 1.00 e. The molecule has 5 nitrogen and oxygen atoms in total. The van der Waals surface area contributed by atoms with Crippen LogP contribution in [-0.2, 0) is 14.3 Å². The Morgan fingerprint density at radius 3 is 2.50 bits per heavy atom. The molecular weight excluding hydrogens is 219 g/mol. The molecule has 0 aromatic heterocycles. The van der Waals surface area contributed by atoms with Gasteiger partial charge in [-0.2, -0.15) is 8.42 Å². The van der Waals surface area contributed by atoms with E-state index in [0.717, 1.165) is 6.42 Å². The Morgan fingerprint density at radius 1 is 1.50 bits per heavy atom. The van der Waals surface area contributed by atoms with Gasteiger partial charge in [0.05, 0.1) is 19.3 Å². The van der Waals surface area contributed by atoms with Gasteiger partial charge in [0.2, 0.25) is 0 Å². The van der Waals surface area contributed by atoms with Gasteiger partial charge in [-0.1, -0.05) is 13.3 Å². The number of unbranched alkanes of at least 4 members (excludes halogenated alkanes) is 1. The minimum atomic E-state index is -3.68. The fourth-order valence-corrected chi connectivity index (χ4v) is 1.71. The summed E-state index contributed by atoms with van der Waals surface area (Å²) in [6.07, 6.45) is 0.249. The Morgan fingerprint density at radius 2 is 2.07 bits per heavy atom. The van der Waals surface area contributed by atoms with Crippen molar-refractivity contribution in [3.63, 3.8) is 0 Å². The van der Waals surface area contributed by atoms with E-state index in [1.54, 1.807) is 0 Å². The van der Waals surface area contributed by atoms with Gasteiger partial charge in [-0.25, -0.2) is 0 Å². The molecule has 1 unspecified atom stereocenters. The van der Waals surface area contributed by atoms with Crippen LogP contribution in [0.1, 0.15) is 21.2 Å². The van der Waals surface area contributed by atoms with Crippen molar-refractivity contribution in [3.8, 4) is 0 Å². The summed E-state index contributed by atoms with van der Waals surface area (Å²) < 4.78 is 26.5. The quantitative estimate of drug-likeness (QED) is 0.273. The minimum absolute atomic E-state index is 0. The first-order valence-corrected chi connectivity index (χ1v) is 5.75. The van der Waals surface area contributed by atoms with E-state index in [-0.39, 0.29) is 37.6 Å². The molecule has 0 fully saturated rings. The number of rotatable bonds is 7. The summed E-state index contributed by atoms with van der Waals surface area (Å²) in [5, 5.41) is 17.2. The molecule has 7 heteroatoms. The van der Waals surface area contributed by atoms with Crippen molar-refractivity contribution in [2.45, 2.75) is 25.9 Å². The van der Waals surface area contributed by atoms with Crippen LogP contribution in [0.15, 0.2) is 0 Å². The van der Waals surface area contributed by atoms with Crippen LogP contribution in [0.3, 0.4) is 0 Å². The summed E-state index contributed by atoms with van der Waals surface area (Å²) in [6, 6.07) is 0. The predicted octanol–water partition coefficient (Wildman–Crippen LogP) is -3.40. The van der Waals surface area contributed by atoms with Crippen LogP contribution >= 0.6 is 0 Å². The van der Waals surface area contributed by atoms with Gasteiger partial charge >= 0.3 is 29.6 Å². The summed E-state index contributed by atoms with van der Waals surface area (Å²) in [4.78, 5) is 0. The molecular formula is C7H17NaO5S. The molecule has 0 aliphatic heterocycles. The fraction of sp³-hybridized carbons (Fsp3) is 1.00. The number of hydrogen-bond acceptors (Lipinski definition) is 5. The SMILES string of the molecule is CCCCOS(=O)(=O)CC(O)CO.[H-].[Na+]. The first-order valence-electron chi connectivity index (χ1n) is 4.18. The van der Waals surface area contributed by atoms with Gasteiger partial charge in [-0.3, -0.25) is 4.18 Å². The summed E-state index contributed by atoms with van der Waals surface area (Å²) >= 11 is 0. The van der Waals surface area contributed by atoms with E-state index in [1.165, 1.54) is 0 Å². The fourth-order valence-electron chi connectivity index (χ4n) is 0.667. The molecule has 0 bridgehead atoms. The van der Waals surface area contributed by atoms with Gasteiger partial charge in [0.1, 0.15) is 5.75 Å². The van der Waals surface area contributed by atoms with Gasteiger partial charge in [-0.05, 0) is 6.42 Å². The minimum Gasteiger partial charge on any atom is -1.00 e. The third kappa shape index (κ3) is 9.39. The van der Waals surface area contributed by atoms with Crippen LogP contribution in [0.25, 0.3) is 0 Å². The topological polar surface area (TPSA) is 83.8 Å². The van der Waals surface area contributed by atoms with E-state index in [1.807, 2.05) is 6.92 Å². The van der Waals surface area contributed by atoms with E-state index < -0.39 is 28.6 Å². The molecule has 2 N–H and O–H groups in total. The van der Waals surface area contributed by atoms with Crippen LogP contribution in [-0.4, -0.2) is 43.7 Å². The second-order valence-corrected chi connectivity index (χ2v) is 4.42. The Bertz CT molecular complexity index is 221. The maximum atomic E-state index is 11.0. The molecule has 0 aromatic carbocycles. The van der Waals surface area contributed by atoms with E-state index in [9.17, 15) is 8.42 Å². The van der Waals surface area contributed by atoms with Gasteiger partial charge in [-0.15, -0.1) is 0 Å². The van der Waals surface area contributed by atoms with Crippen LogP contribution in [0.4, 0.5) is 0 Å². The number of aliphatic hydroxyl groups is 2. The normalized spacial score (nSPS) is 13.4. The summed E-state index contributed by atoms with van der Waals surface area (Å²) in [7, 11) is -3.68. The Labute approximate surface area is 108 Å². The number of aliphatic hydroxyl groups excluding tert-OH is 2. The molecule has 14 heavy (non-hydrogen) atoms. The molecule has 82 valence electrons. The zero-order chi connectivity index (χ0) is 10.3. The largest absolute Gasteiger partial charge is 1.00 e. The summed E-state index contributed by atoms with van der Waals surface area (Å²) in [5.41, 5.74) is 0. The zero-order valence-electron chi connectivity index (χ0n) is 9.64. The van der Waals surface area contributed by atoms with Crippen molar-refractivity contribution in [2.75, 3.05) is 19.0 Å². The van der Waals surface area contributed by atoms with Gasteiger partial charge < -0.3 is 11.6 Å². The van der Waals surface area contributed by atoms with E-state index in [0.29, 0.717) is 6.42 Å². The molecule has 0 aliphatic rings. The molecule has 0 rings (SSSR count). The van der Waals surface area contributed by atoms with Gasteiger partial charge in [0.15, 0.2) is 0 Å². The second kappa shape index (κ2) is 9.08. The molecule has 0 aliphatic carbocycles. The maximum absolute atomic E-state index is 11.0. The van der Waals surface area contributed by atoms with Crippen LogP contribution < -0.4 is 29.6 Å². The standard InChI is InChI=1S/C7H16O5S.Na.H/c1-2-3-4-12-13(10,11)6-7(9)5-8;;/h7-9H,2-6H2,1H3;;/q;+1;-1. The Hall–Kier alpha value is 0.830. The van der Waals surface area contributed by atoms with Crippen molar-refractivity contribution in [1.82, 2.24) is 0 Å². The average molecular weight is 236 g/mol. The molecule has 0 amide bonds. The van der Waals surface area contributed by atoms with Crippen molar-refractivity contribution in [1.29, 1.82) is 0 Å². The van der Waals surface area contributed by atoms with Crippen molar-refractivity contribution in [3.05, 3.63) is 0 Å². The Balaban J connectivity index is -0.000000720. The molecule has 0 saturated carbocycles. The zero-order valence-corrected chi connectivity index (χ0v) is 11.5. The molecule has 0 radical (unpaired) electrons. The number of hydrogen-bond donors (Lipinski definition) is 2. The molecule has 0 aromatic rings. The first-order chi connectivity index (χ1) is 6.02. The van der Waals surface area contributed by atoms with Crippen molar-refractivity contribution >= 4 is 10.1 Å². The van der Waals surface area contributed by atoms with E-state index in [2.05, 4.69) is 4.18 Å². The Kier molecular flexibility index (Phi) is 11.2. The third-order valence-corrected chi connectivity index (χ3v) is 2.69. The molecule has 0 spiro atoms. The summed E-state index contributed by atoms with van der Waals surface area (Å²) in [6.45, 7) is 1.48. The smallest absolute Gasteiger partial charge is 1.00 e. The molecule has 0 saturated heterocycles. The van der Waals surface area contributed by atoms with E-state index in [4.69, 9.17) is 10.2 Å². The molecule has 0 heterocycles.